The van der Waals surface area contributed by atoms with Crippen LogP contribution in [0.3, 0.4) is 0 Å². The molecule has 5 aromatic rings. The van der Waals surface area contributed by atoms with E-state index in [4.69, 9.17) is 20.8 Å². The van der Waals surface area contributed by atoms with Crippen molar-refractivity contribution in [3.63, 3.8) is 0 Å². The van der Waals surface area contributed by atoms with Crippen molar-refractivity contribution in [3.8, 4) is 16.9 Å². The van der Waals surface area contributed by atoms with Crippen molar-refractivity contribution < 1.29 is 9.15 Å². The van der Waals surface area contributed by atoms with E-state index in [1.807, 2.05) is 30.3 Å². The maximum Gasteiger partial charge on any atom is 0.200 e. The molecule has 0 aliphatic rings. The third-order valence-electron chi connectivity index (χ3n) is 5.18. The molecule has 0 saturated heterocycles. The average molecular weight is 413 g/mol. The van der Waals surface area contributed by atoms with Crippen LogP contribution in [0, 0.1) is 0 Å². The molecule has 5 rings (SSSR count). The van der Waals surface area contributed by atoms with Crippen LogP contribution in [0.15, 0.2) is 100 Å². The molecule has 1 aromatic heterocycles. The first kappa shape index (κ1) is 18.5. The maximum absolute atomic E-state index is 12.9. The Kier molecular flexibility index (Phi) is 4.74. The zero-order chi connectivity index (χ0) is 20.5. The van der Waals surface area contributed by atoms with E-state index >= 15 is 0 Å². The number of fused-ring (bicyclic) bond motifs is 2. The molecule has 0 N–H and O–H groups in total. The van der Waals surface area contributed by atoms with E-state index in [0.29, 0.717) is 33.9 Å². The molecule has 3 nitrogen and oxygen atoms in total. The normalized spacial score (nSPS) is 11.1. The van der Waals surface area contributed by atoms with Crippen molar-refractivity contribution in [2.75, 3.05) is 0 Å². The summed E-state index contributed by atoms with van der Waals surface area (Å²) < 4.78 is 11.8. The molecule has 146 valence electrons. The standard InChI is InChI=1S/C26H17ClO3/c27-20-10-8-18(9-11-20)24-16-30-25-14-21(12-13-23(25)26(24)28)29-15-19-6-3-5-17-4-1-2-7-22(17)19/h1-14,16H,15H2. The summed E-state index contributed by atoms with van der Waals surface area (Å²) in [4.78, 5) is 12.9. The second-order valence-corrected chi connectivity index (χ2v) is 7.51. The molecule has 0 spiro atoms. The molecule has 0 unspecified atom stereocenters. The summed E-state index contributed by atoms with van der Waals surface area (Å²) in [5, 5.41) is 3.48. The van der Waals surface area contributed by atoms with Crippen molar-refractivity contribution >= 4 is 33.3 Å². The van der Waals surface area contributed by atoms with Gasteiger partial charge in [-0.3, -0.25) is 4.79 Å². The lowest BCUT2D eigenvalue weighted by Crippen LogP contribution is -2.05. The van der Waals surface area contributed by atoms with E-state index in [1.54, 1.807) is 30.3 Å². The zero-order valence-electron chi connectivity index (χ0n) is 16.0. The summed E-state index contributed by atoms with van der Waals surface area (Å²) in [7, 11) is 0. The molecule has 4 heteroatoms. The van der Waals surface area contributed by atoms with Crippen LogP contribution in [-0.4, -0.2) is 0 Å². The lowest BCUT2D eigenvalue weighted by molar-refractivity contribution is 0.307. The van der Waals surface area contributed by atoms with Crippen LogP contribution < -0.4 is 10.2 Å². The molecule has 0 aliphatic carbocycles. The molecular formula is C26H17ClO3. The Morgan fingerprint density at radius 2 is 1.63 bits per heavy atom. The number of hydrogen-bond acceptors (Lipinski definition) is 3. The molecule has 0 radical (unpaired) electrons. The van der Waals surface area contributed by atoms with Gasteiger partial charge in [0.15, 0.2) is 5.43 Å². The summed E-state index contributed by atoms with van der Waals surface area (Å²) >= 11 is 5.94. The fourth-order valence-electron chi connectivity index (χ4n) is 3.61. The van der Waals surface area contributed by atoms with Gasteiger partial charge in [-0.1, -0.05) is 66.2 Å². The fourth-order valence-corrected chi connectivity index (χ4v) is 3.73. The fraction of sp³-hybridized carbons (Fsp3) is 0.0385. The Morgan fingerprint density at radius 3 is 2.50 bits per heavy atom. The van der Waals surface area contributed by atoms with Crippen LogP contribution in [0.4, 0.5) is 0 Å². The van der Waals surface area contributed by atoms with Gasteiger partial charge >= 0.3 is 0 Å². The predicted molar refractivity (Wildman–Crippen MR) is 121 cm³/mol. The second kappa shape index (κ2) is 7.69. The summed E-state index contributed by atoms with van der Waals surface area (Å²) in [5.74, 6) is 0.651. The van der Waals surface area contributed by atoms with Gasteiger partial charge in [0, 0.05) is 11.1 Å². The lowest BCUT2D eigenvalue weighted by atomic mass is 10.1. The lowest BCUT2D eigenvalue weighted by Gasteiger charge is -2.10. The third-order valence-corrected chi connectivity index (χ3v) is 5.43. The number of hydrogen-bond donors (Lipinski definition) is 0. The van der Waals surface area contributed by atoms with E-state index in [1.165, 1.54) is 17.0 Å². The van der Waals surface area contributed by atoms with Gasteiger partial charge in [-0.05, 0) is 46.2 Å². The minimum Gasteiger partial charge on any atom is -0.489 e. The van der Waals surface area contributed by atoms with E-state index in [2.05, 4.69) is 24.3 Å². The molecular weight excluding hydrogens is 396 g/mol. The highest BCUT2D eigenvalue weighted by Gasteiger charge is 2.10. The first-order valence-electron chi connectivity index (χ1n) is 9.60. The Bertz CT molecular complexity index is 1410. The summed E-state index contributed by atoms with van der Waals surface area (Å²) in [6, 6.07) is 26.8. The molecule has 0 amide bonds. The van der Waals surface area contributed by atoms with Gasteiger partial charge in [-0.25, -0.2) is 0 Å². The van der Waals surface area contributed by atoms with Gasteiger partial charge in [0.05, 0.1) is 10.9 Å². The van der Waals surface area contributed by atoms with Crippen molar-refractivity contribution in [3.05, 3.63) is 112 Å². The van der Waals surface area contributed by atoms with Crippen LogP contribution in [-0.2, 0) is 6.61 Å². The van der Waals surface area contributed by atoms with Crippen LogP contribution >= 0.6 is 11.6 Å². The molecule has 30 heavy (non-hydrogen) atoms. The van der Waals surface area contributed by atoms with Crippen molar-refractivity contribution in [2.24, 2.45) is 0 Å². The van der Waals surface area contributed by atoms with Gasteiger partial charge in [0.2, 0.25) is 0 Å². The zero-order valence-corrected chi connectivity index (χ0v) is 16.7. The van der Waals surface area contributed by atoms with Crippen LogP contribution in [0.2, 0.25) is 5.02 Å². The van der Waals surface area contributed by atoms with E-state index < -0.39 is 0 Å². The predicted octanol–water partition coefficient (Wildman–Crippen LogP) is 6.85. The average Bonchev–Trinajstić information content (AvgIpc) is 2.78. The summed E-state index contributed by atoms with van der Waals surface area (Å²) in [6.07, 6.45) is 1.49. The van der Waals surface area contributed by atoms with Crippen molar-refractivity contribution in [1.82, 2.24) is 0 Å². The molecule has 0 saturated carbocycles. The van der Waals surface area contributed by atoms with Crippen LogP contribution in [0.25, 0.3) is 32.9 Å². The summed E-state index contributed by atoms with van der Waals surface area (Å²) in [5.41, 5.74) is 2.79. The largest absolute Gasteiger partial charge is 0.489 e. The quantitative estimate of drug-likeness (QED) is 0.324. The number of rotatable bonds is 4. The molecule has 4 aromatic carbocycles. The maximum atomic E-state index is 12.9. The monoisotopic (exact) mass is 412 g/mol. The van der Waals surface area contributed by atoms with E-state index in [-0.39, 0.29) is 5.43 Å². The van der Waals surface area contributed by atoms with Gasteiger partial charge in [0.25, 0.3) is 0 Å². The minimum absolute atomic E-state index is 0.0841. The molecule has 0 aliphatic heterocycles. The first-order valence-corrected chi connectivity index (χ1v) is 9.98. The minimum atomic E-state index is -0.0841. The van der Waals surface area contributed by atoms with Crippen molar-refractivity contribution in [1.29, 1.82) is 0 Å². The summed E-state index contributed by atoms with van der Waals surface area (Å²) in [6.45, 7) is 0.431. The first-order chi connectivity index (χ1) is 14.7. The molecule has 1 heterocycles. The van der Waals surface area contributed by atoms with Crippen LogP contribution in [0.5, 0.6) is 5.75 Å². The SMILES string of the molecule is O=c1c(-c2ccc(Cl)cc2)coc2cc(OCc3cccc4ccccc34)ccc12. The van der Waals surface area contributed by atoms with Gasteiger partial charge in [-0.15, -0.1) is 0 Å². The smallest absolute Gasteiger partial charge is 0.200 e. The highest BCUT2D eigenvalue weighted by molar-refractivity contribution is 6.30. The van der Waals surface area contributed by atoms with E-state index in [0.717, 1.165) is 11.1 Å². The van der Waals surface area contributed by atoms with E-state index in [9.17, 15) is 4.79 Å². The van der Waals surface area contributed by atoms with Gasteiger partial charge in [-0.2, -0.15) is 0 Å². The number of benzene rings is 4. The Balaban J connectivity index is 1.44. The molecule has 0 fully saturated rings. The Morgan fingerprint density at radius 1 is 0.833 bits per heavy atom. The molecule has 0 atom stereocenters. The van der Waals surface area contributed by atoms with Crippen molar-refractivity contribution in [2.45, 2.75) is 6.61 Å². The van der Waals surface area contributed by atoms with Gasteiger partial charge < -0.3 is 9.15 Å². The Hall–Kier alpha value is -3.56. The van der Waals surface area contributed by atoms with Gasteiger partial charge in [0.1, 0.15) is 24.2 Å². The number of ether oxygens (including phenoxy) is 1. The number of halogens is 1. The topological polar surface area (TPSA) is 39.4 Å². The third kappa shape index (κ3) is 3.44. The highest BCUT2D eigenvalue weighted by atomic mass is 35.5. The second-order valence-electron chi connectivity index (χ2n) is 7.07. The van der Waals surface area contributed by atoms with Crippen LogP contribution in [0.1, 0.15) is 5.56 Å². The molecule has 0 bridgehead atoms. The highest BCUT2D eigenvalue weighted by Crippen LogP contribution is 2.25. The Labute approximate surface area is 178 Å².